The zero-order valence-corrected chi connectivity index (χ0v) is 16.9. The number of fused-ring (bicyclic) bond motifs is 1. The largest absolute Gasteiger partial charge is 0.396 e. The highest BCUT2D eigenvalue weighted by Gasteiger charge is 2.28. The van der Waals surface area contributed by atoms with Crippen molar-refractivity contribution >= 4 is 39.1 Å². The van der Waals surface area contributed by atoms with Crippen molar-refractivity contribution in [2.24, 2.45) is 11.8 Å². The molecule has 0 bridgehead atoms. The lowest BCUT2D eigenvalue weighted by atomic mass is 9.85. The van der Waals surface area contributed by atoms with Crippen molar-refractivity contribution in [3.63, 3.8) is 0 Å². The van der Waals surface area contributed by atoms with Crippen molar-refractivity contribution in [2.75, 3.05) is 29.9 Å². The molecule has 5 rings (SSSR count). The zero-order chi connectivity index (χ0) is 19.1. The number of piperidine rings is 1. The lowest BCUT2D eigenvalue weighted by Crippen LogP contribution is -2.40. The SMILES string of the molecule is CC1CN(c2nc(Nc3cc(C4CC4)[nH]n3)c3sccc3n2)CCC1CCO. The molecule has 1 aliphatic carbocycles. The van der Waals surface area contributed by atoms with Crippen LogP contribution in [0.5, 0.6) is 0 Å². The third-order valence-corrected chi connectivity index (χ3v) is 6.93. The van der Waals surface area contributed by atoms with Gasteiger partial charge in [-0.15, -0.1) is 11.3 Å². The average Bonchev–Trinajstić information content (AvgIpc) is 3.24. The van der Waals surface area contributed by atoms with Crippen LogP contribution < -0.4 is 10.2 Å². The number of aromatic nitrogens is 4. The van der Waals surface area contributed by atoms with Gasteiger partial charge in [0.25, 0.3) is 0 Å². The highest BCUT2D eigenvalue weighted by atomic mass is 32.1. The van der Waals surface area contributed by atoms with E-state index in [1.54, 1.807) is 11.3 Å². The minimum atomic E-state index is 0.271. The molecule has 8 heteroatoms. The van der Waals surface area contributed by atoms with E-state index < -0.39 is 0 Å². The van der Waals surface area contributed by atoms with E-state index in [-0.39, 0.29) is 6.61 Å². The summed E-state index contributed by atoms with van der Waals surface area (Å²) in [6, 6.07) is 4.15. The Balaban J connectivity index is 1.41. The summed E-state index contributed by atoms with van der Waals surface area (Å²) in [5, 5.41) is 22.3. The molecule has 4 heterocycles. The first-order chi connectivity index (χ1) is 13.7. The Morgan fingerprint density at radius 2 is 2.21 bits per heavy atom. The van der Waals surface area contributed by atoms with Crippen LogP contribution in [0.25, 0.3) is 10.2 Å². The zero-order valence-electron chi connectivity index (χ0n) is 16.1. The third-order valence-electron chi connectivity index (χ3n) is 6.02. The summed E-state index contributed by atoms with van der Waals surface area (Å²) in [6.07, 6.45) is 4.45. The number of H-pyrrole nitrogens is 1. The molecule has 1 aliphatic heterocycles. The van der Waals surface area contributed by atoms with E-state index in [9.17, 15) is 5.11 Å². The summed E-state index contributed by atoms with van der Waals surface area (Å²) in [5.41, 5.74) is 2.18. The second-order valence-electron chi connectivity index (χ2n) is 8.10. The molecule has 3 N–H and O–H groups in total. The van der Waals surface area contributed by atoms with Gasteiger partial charge in [0.2, 0.25) is 5.95 Å². The van der Waals surface area contributed by atoms with E-state index in [1.165, 1.54) is 18.5 Å². The number of aliphatic hydroxyl groups is 1. The molecule has 0 aromatic carbocycles. The van der Waals surface area contributed by atoms with Crippen LogP contribution >= 0.6 is 11.3 Å². The van der Waals surface area contributed by atoms with Gasteiger partial charge in [0.05, 0.1) is 10.2 Å². The molecule has 28 heavy (non-hydrogen) atoms. The Hall–Kier alpha value is -2.19. The molecule has 2 atom stereocenters. The fourth-order valence-corrected chi connectivity index (χ4v) is 4.95. The molecule has 2 fully saturated rings. The summed E-state index contributed by atoms with van der Waals surface area (Å²) in [7, 11) is 0. The van der Waals surface area contributed by atoms with Crippen molar-refractivity contribution in [3.8, 4) is 0 Å². The minimum absolute atomic E-state index is 0.271. The molecule has 3 aromatic heterocycles. The molecule has 2 unspecified atom stereocenters. The molecule has 1 saturated carbocycles. The number of thiophene rings is 1. The molecule has 7 nitrogen and oxygen atoms in total. The molecule has 0 spiro atoms. The maximum absolute atomic E-state index is 9.28. The number of rotatable bonds is 6. The Morgan fingerprint density at radius 3 is 3.00 bits per heavy atom. The molecule has 1 saturated heterocycles. The number of aromatic amines is 1. The molecule has 0 radical (unpaired) electrons. The first-order valence-corrected chi connectivity index (χ1v) is 11.0. The Kier molecular flexibility index (Phi) is 4.68. The van der Waals surface area contributed by atoms with Gasteiger partial charge in [-0.05, 0) is 49.0 Å². The van der Waals surface area contributed by atoms with Gasteiger partial charge in [-0.1, -0.05) is 6.92 Å². The Bertz CT molecular complexity index is 965. The van der Waals surface area contributed by atoms with Crippen molar-refractivity contribution in [3.05, 3.63) is 23.2 Å². The minimum Gasteiger partial charge on any atom is -0.396 e. The average molecular weight is 399 g/mol. The van der Waals surface area contributed by atoms with E-state index in [4.69, 9.17) is 9.97 Å². The molecular formula is C20H26N6OS. The van der Waals surface area contributed by atoms with E-state index in [2.05, 4.69) is 44.9 Å². The van der Waals surface area contributed by atoms with Gasteiger partial charge in [0, 0.05) is 37.4 Å². The molecule has 0 amide bonds. The summed E-state index contributed by atoms with van der Waals surface area (Å²) in [6.45, 7) is 4.39. The lowest BCUT2D eigenvalue weighted by Gasteiger charge is -2.36. The number of anilines is 3. The van der Waals surface area contributed by atoms with Crippen LogP contribution in [-0.2, 0) is 0 Å². The summed E-state index contributed by atoms with van der Waals surface area (Å²) in [4.78, 5) is 12.0. The fraction of sp³-hybridized carbons (Fsp3) is 0.550. The quantitative estimate of drug-likeness (QED) is 0.584. The number of hydrogen-bond donors (Lipinski definition) is 3. The maximum Gasteiger partial charge on any atom is 0.227 e. The standard InChI is InChI=1S/C20H26N6OS/c1-12-11-26(7-4-13(12)5-8-27)20-21-15-6-9-28-18(15)19(23-20)22-17-10-16(24-25-17)14-2-3-14/h6,9-10,12-14,27H,2-5,7-8,11H2,1H3,(H2,21,22,23,24,25). The first kappa shape index (κ1) is 17.9. The van der Waals surface area contributed by atoms with Gasteiger partial charge in [-0.25, -0.2) is 4.98 Å². The van der Waals surface area contributed by atoms with E-state index >= 15 is 0 Å². The van der Waals surface area contributed by atoms with Crippen LogP contribution in [0.4, 0.5) is 17.6 Å². The Morgan fingerprint density at radius 1 is 1.32 bits per heavy atom. The van der Waals surface area contributed by atoms with Gasteiger partial charge in [-0.3, -0.25) is 5.10 Å². The van der Waals surface area contributed by atoms with Crippen LogP contribution in [0.15, 0.2) is 17.5 Å². The molecule has 3 aromatic rings. The normalized spacial score (nSPS) is 22.7. The number of nitrogens with one attached hydrogen (secondary N) is 2. The van der Waals surface area contributed by atoms with E-state index in [0.29, 0.717) is 17.8 Å². The third kappa shape index (κ3) is 3.46. The monoisotopic (exact) mass is 398 g/mol. The molecular weight excluding hydrogens is 372 g/mol. The van der Waals surface area contributed by atoms with E-state index in [1.807, 2.05) is 0 Å². The molecule has 148 valence electrons. The second kappa shape index (κ2) is 7.33. The smallest absolute Gasteiger partial charge is 0.227 e. The van der Waals surface area contributed by atoms with Crippen molar-refractivity contribution < 1.29 is 5.11 Å². The van der Waals surface area contributed by atoms with Crippen LogP contribution in [0.3, 0.4) is 0 Å². The Labute approximate surface area is 168 Å². The van der Waals surface area contributed by atoms with Gasteiger partial charge in [0.1, 0.15) is 0 Å². The van der Waals surface area contributed by atoms with Crippen LogP contribution in [0.1, 0.15) is 44.2 Å². The number of nitrogens with zero attached hydrogens (tertiary/aromatic N) is 4. The topological polar surface area (TPSA) is 90.0 Å². The second-order valence-corrected chi connectivity index (χ2v) is 9.02. The highest BCUT2D eigenvalue weighted by Crippen LogP contribution is 2.40. The van der Waals surface area contributed by atoms with E-state index in [0.717, 1.165) is 53.7 Å². The maximum atomic E-state index is 9.28. The van der Waals surface area contributed by atoms with Crippen LogP contribution in [0, 0.1) is 11.8 Å². The van der Waals surface area contributed by atoms with Gasteiger partial charge >= 0.3 is 0 Å². The van der Waals surface area contributed by atoms with Gasteiger partial charge in [-0.2, -0.15) is 10.1 Å². The summed E-state index contributed by atoms with van der Waals surface area (Å²) < 4.78 is 1.06. The van der Waals surface area contributed by atoms with Gasteiger partial charge < -0.3 is 15.3 Å². The highest BCUT2D eigenvalue weighted by molar-refractivity contribution is 7.17. The van der Waals surface area contributed by atoms with Crippen molar-refractivity contribution in [1.82, 2.24) is 20.2 Å². The first-order valence-electron chi connectivity index (χ1n) is 10.1. The van der Waals surface area contributed by atoms with Gasteiger partial charge in [0.15, 0.2) is 11.6 Å². The summed E-state index contributed by atoms with van der Waals surface area (Å²) in [5.74, 6) is 4.17. The van der Waals surface area contributed by atoms with Crippen LogP contribution in [-0.4, -0.2) is 45.0 Å². The summed E-state index contributed by atoms with van der Waals surface area (Å²) >= 11 is 1.65. The predicted molar refractivity (Wildman–Crippen MR) is 112 cm³/mol. The lowest BCUT2D eigenvalue weighted by molar-refractivity contribution is 0.205. The number of hydrogen-bond acceptors (Lipinski definition) is 7. The van der Waals surface area contributed by atoms with Crippen molar-refractivity contribution in [2.45, 2.75) is 38.5 Å². The van der Waals surface area contributed by atoms with Crippen LogP contribution in [0.2, 0.25) is 0 Å². The van der Waals surface area contributed by atoms with Crippen molar-refractivity contribution in [1.29, 1.82) is 0 Å². The fourth-order valence-electron chi connectivity index (χ4n) is 4.17. The molecule has 2 aliphatic rings. The predicted octanol–water partition coefficient (Wildman–Crippen LogP) is 3.88. The number of aliphatic hydroxyl groups excluding tert-OH is 1.